The number of likely N-dealkylation sites (N-methyl/N-ethyl adjacent to an activating group) is 1. The molecule has 2 aliphatic rings. The Morgan fingerprint density at radius 2 is 1.97 bits per heavy atom. The van der Waals surface area contributed by atoms with Gasteiger partial charge in [-0.05, 0) is 25.1 Å². The van der Waals surface area contributed by atoms with E-state index in [9.17, 15) is 14.0 Å². The molecule has 152 valence electrons. The molecular formula is C21H19FN5O3+. The fourth-order valence-corrected chi connectivity index (χ4v) is 3.93. The summed E-state index contributed by atoms with van der Waals surface area (Å²) in [7, 11) is 1.57. The van der Waals surface area contributed by atoms with Crippen LogP contribution >= 0.6 is 0 Å². The number of rotatable bonds is 4. The van der Waals surface area contributed by atoms with E-state index in [1.807, 2.05) is 29.8 Å². The predicted molar refractivity (Wildman–Crippen MR) is 103 cm³/mol. The van der Waals surface area contributed by atoms with Gasteiger partial charge in [-0.1, -0.05) is 23.2 Å². The molecule has 1 atom stereocenters. The molecule has 0 aliphatic carbocycles. The third-order valence-electron chi connectivity index (χ3n) is 5.50. The van der Waals surface area contributed by atoms with Crippen molar-refractivity contribution in [2.45, 2.75) is 26.1 Å². The summed E-state index contributed by atoms with van der Waals surface area (Å²) in [6.45, 7) is 2.23. The summed E-state index contributed by atoms with van der Waals surface area (Å²) in [6, 6.07) is 8.49. The van der Waals surface area contributed by atoms with Gasteiger partial charge in [-0.2, -0.15) is 0 Å². The number of fused-ring (bicyclic) bond motifs is 3. The van der Waals surface area contributed by atoms with Crippen LogP contribution in [0.3, 0.4) is 0 Å². The molecule has 0 saturated carbocycles. The molecule has 4 heterocycles. The van der Waals surface area contributed by atoms with Gasteiger partial charge < -0.3 is 4.42 Å². The second-order valence-corrected chi connectivity index (χ2v) is 7.37. The Labute approximate surface area is 171 Å². The number of furan rings is 1. The van der Waals surface area contributed by atoms with Gasteiger partial charge in [-0.25, -0.2) is 18.3 Å². The maximum absolute atomic E-state index is 14.1. The van der Waals surface area contributed by atoms with Crippen molar-refractivity contribution in [1.82, 2.24) is 14.4 Å². The van der Waals surface area contributed by atoms with E-state index in [-0.39, 0.29) is 12.1 Å². The van der Waals surface area contributed by atoms with Crippen LogP contribution in [0.15, 0.2) is 58.3 Å². The van der Waals surface area contributed by atoms with Crippen LogP contribution in [0, 0.1) is 12.7 Å². The Bertz CT molecular complexity index is 1200. The third-order valence-corrected chi connectivity index (χ3v) is 5.50. The van der Waals surface area contributed by atoms with Crippen LogP contribution in [0.1, 0.15) is 23.1 Å². The minimum atomic E-state index is -0.772. The molecule has 2 aromatic heterocycles. The Balaban J connectivity index is 1.52. The van der Waals surface area contributed by atoms with Crippen molar-refractivity contribution < 1.29 is 23.0 Å². The lowest BCUT2D eigenvalue weighted by Gasteiger charge is -2.33. The highest BCUT2D eigenvalue weighted by Gasteiger charge is 2.53. The van der Waals surface area contributed by atoms with Gasteiger partial charge in [-0.15, -0.1) is 0 Å². The number of amides is 3. The second kappa shape index (κ2) is 6.65. The largest absolute Gasteiger partial charge is 0.466 e. The number of urea groups is 1. The molecule has 1 saturated heterocycles. The molecule has 8 nitrogen and oxygen atoms in total. The molecule has 2 aliphatic heterocycles. The van der Waals surface area contributed by atoms with Gasteiger partial charge in [0.15, 0.2) is 0 Å². The molecule has 0 N–H and O–H groups in total. The Kier molecular flexibility index (Phi) is 4.05. The minimum Gasteiger partial charge on any atom is -0.466 e. The maximum Gasteiger partial charge on any atom is 0.402 e. The van der Waals surface area contributed by atoms with Crippen molar-refractivity contribution in [1.29, 1.82) is 0 Å². The standard InChI is InChI=1S/C21H19FN5O3/c1-13-10-26-17-18(23-20(26)25(13)12-15-7-5-9-30-15)24(2)21(29)27(19(17)28)11-14-6-3-4-8-16(14)22/h3-10,17H,11-12H2,1-2H3/q+1. The van der Waals surface area contributed by atoms with Gasteiger partial charge in [0.05, 0.1) is 12.8 Å². The highest BCUT2D eigenvalue weighted by molar-refractivity contribution is 6.19. The van der Waals surface area contributed by atoms with Crippen molar-refractivity contribution >= 4 is 23.7 Å². The zero-order chi connectivity index (χ0) is 21.0. The molecule has 1 aromatic carbocycles. The summed E-state index contributed by atoms with van der Waals surface area (Å²) in [4.78, 5) is 33.2. The zero-order valence-electron chi connectivity index (χ0n) is 16.4. The Morgan fingerprint density at radius 3 is 2.70 bits per heavy atom. The molecule has 3 aromatic rings. The lowest BCUT2D eigenvalue weighted by atomic mass is 10.1. The van der Waals surface area contributed by atoms with Gasteiger partial charge in [0.25, 0.3) is 5.91 Å². The minimum absolute atomic E-state index is 0.138. The van der Waals surface area contributed by atoms with E-state index in [2.05, 4.69) is 4.99 Å². The molecule has 9 heteroatoms. The van der Waals surface area contributed by atoms with Crippen molar-refractivity contribution in [3.63, 3.8) is 0 Å². The van der Waals surface area contributed by atoms with Crippen LogP contribution < -0.4 is 4.57 Å². The first-order chi connectivity index (χ1) is 14.5. The van der Waals surface area contributed by atoms with Crippen molar-refractivity contribution in [3.05, 3.63) is 71.7 Å². The molecule has 1 fully saturated rings. The number of aryl methyl sites for hydroxylation is 1. The average Bonchev–Trinajstić information content (AvgIpc) is 3.43. The van der Waals surface area contributed by atoms with E-state index in [4.69, 9.17) is 4.42 Å². The van der Waals surface area contributed by atoms with E-state index in [0.29, 0.717) is 18.3 Å². The summed E-state index contributed by atoms with van der Waals surface area (Å²) in [5.74, 6) is 0.783. The quantitative estimate of drug-likeness (QED) is 0.623. The Morgan fingerprint density at radius 1 is 1.17 bits per heavy atom. The number of hydrogen-bond acceptors (Lipinski definition) is 4. The number of nitrogens with zero attached hydrogens (tertiary/aromatic N) is 5. The number of imide groups is 1. The highest BCUT2D eigenvalue weighted by atomic mass is 19.1. The van der Waals surface area contributed by atoms with Gasteiger partial charge in [0.1, 0.15) is 30.0 Å². The number of benzene rings is 1. The maximum atomic E-state index is 14.1. The molecule has 3 amide bonds. The smallest absolute Gasteiger partial charge is 0.402 e. The van der Waals surface area contributed by atoms with E-state index >= 15 is 0 Å². The van der Waals surface area contributed by atoms with Gasteiger partial charge in [0.2, 0.25) is 11.9 Å². The van der Waals surface area contributed by atoms with Gasteiger partial charge in [0, 0.05) is 12.6 Å². The number of imidazole rings is 1. The van der Waals surface area contributed by atoms with Gasteiger partial charge in [-0.3, -0.25) is 14.6 Å². The van der Waals surface area contributed by atoms with E-state index in [0.717, 1.165) is 16.4 Å². The van der Waals surface area contributed by atoms with Crippen molar-refractivity contribution in [2.24, 2.45) is 4.99 Å². The first-order valence-electron chi connectivity index (χ1n) is 9.50. The van der Waals surface area contributed by atoms with Crippen LogP contribution in [0.5, 0.6) is 0 Å². The van der Waals surface area contributed by atoms with E-state index < -0.39 is 23.8 Å². The molecule has 0 bridgehead atoms. The fraction of sp³-hybridized carbons (Fsp3) is 0.238. The van der Waals surface area contributed by atoms with E-state index in [1.54, 1.807) is 36.1 Å². The number of aromatic nitrogens is 2. The lowest BCUT2D eigenvalue weighted by Crippen LogP contribution is -2.62. The zero-order valence-corrected chi connectivity index (χ0v) is 16.4. The van der Waals surface area contributed by atoms with Gasteiger partial charge >= 0.3 is 12.0 Å². The summed E-state index contributed by atoms with van der Waals surface area (Å²) in [5, 5.41) is 0. The van der Waals surface area contributed by atoms with Crippen LogP contribution in [0.4, 0.5) is 15.1 Å². The predicted octanol–water partition coefficient (Wildman–Crippen LogP) is 2.54. The van der Waals surface area contributed by atoms with Crippen molar-refractivity contribution in [3.8, 4) is 0 Å². The molecule has 5 rings (SSSR count). The average molecular weight is 408 g/mol. The molecule has 0 radical (unpaired) electrons. The summed E-state index contributed by atoms with van der Waals surface area (Å²) >= 11 is 0. The molecule has 30 heavy (non-hydrogen) atoms. The molecule has 1 unspecified atom stereocenters. The number of aliphatic imine (C=N–C) groups is 1. The highest BCUT2D eigenvalue weighted by Crippen LogP contribution is 2.30. The first-order valence-corrected chi connectivity index (χ1v) is 9.50. The fourth-order valence-electron chi connectivity index (χ4n) is 3.93. The first kappa shape index (κ1) is 18.3. The van der Waals surface area contributed by atoms with E-state index in [1.165, 1.54) is 11.0 Å². The lowest BCUT2D eigenvalue weighted by molar-refractivity contribution is -0.677. The number of halogens is 1. The summed E-state index contributed by atoms with van der Waals surface area (Å²) in [6.07, 6.45) is 3.44. The number of hydrogen-bond donors (Lipinski definition) is 0. The number of carbonyl (C=O) groups is 2. The normalized spacial score (nSPS) is 18.0. The molecular weight excluding hydrogens is 389 g/mol. The molecule has 0 spiro atoms. The van der Waals surface area contributed by atoms with Crippen molar-refractivity contribution in [2.75, 3.05) is 7.05 Å². The number of amidine groups is 1. The monoisotopic (exact) mass is 408 g/mol. The SMILES string of the molecule is Cc1c[n+]2c(n1Cc1ccco1)N=C1C2C(=O)N(Cc2ccccc2F)C(=O)N1C. The van der Waals surface area contributed by atoms with Crippen LogP contribution in [-0.4, -0.2) is 39.2 Å². The summed E-state index contributed by atoms with van der Waals surface area (Å²) < 4.78 is 23.3. The van der Waals surface area contributed by atoms with Crippen LogP contribution in [-0.2, 0) is 17.9 Å². The topological polar surface area (TPSA) is 74.9 Å². The number of carbonyl (C=O) groups excluding carboxylic acids is 2. The summed E-state index contributed by atoms with van der Waals surface area (Å²) in [5.41, 5.74) is 1.18. The second-order valence-electron chi connectivity index (χ2n) is 7.37. The van der Waals surface area contributed by atoms with Crippen LogP contribution in [0.2, 0.25) is 0 Å². The van der Waals surface area contributed by atoms with Crippen LogP contribution in [0.25, 0.3) is 0 Å². The third kappa shape index (κ3) is 2.66. The Hall–Kier alpha value is -3.75.